The highest BCUT2D eigenvalue weighted by Gasteiger charge is 2.11. The van der Waals surface area contributed by atoms with E-state index in [0.717, 1.165) is 11.4 Å². The van der Waals surface area contributed by atoms with Crippen molar-refractivity contribution in [3.05, 3.63) is 48.4 Å². The number of halogens is 1. The summed E-state index contributed by atoms with van der Waals surface area (Å²) in [6.07, 6.45) is 1.35. The molecule has 0 fully saturated rings. The molecule has 0 radical (unpaired) electrons. The molecule has 4 nitrogen and oxygen atoms in total. The van der Waals surface area contributed by atoms with E-state index in [1.165, 1.54) is 6.07 Å². The van der Waals surface area contributed by atoms with Crippen molar-refractivity contribution in [1.29, 1.82) is 0 Å². The van der Waals surface area contributed by atoms with E-state index >= 15 is 0 Å². The molecule has 0 aliphatic heterocycles. The van der Waals surface area contributed by atoms with Crippen molar-refractivity contribution in [2.75, 3.05) is 32.7 Å². The molecule has 0 aliphatic rings. The zero-order valence-corrected chi connectivity index (χ0v) is 12.4. The maximum absolute atomic E-state index is 13.7. The van der Waals surface area contributed by atoms with E-state index in [1.54, 1.807) is 38.6 Å². The zero-order chi connectivity index (χ0) is 15.2. The smallest absolute Gasteiger partial charge is 0.174 e. The highest BCUT2D eigenvalue weighted by molar-refractivity contribution is 5.64. The average molecular weight is 290 g/mol. The van der Waals surface area contributed by atoms with Gasteiger partial charge in [0.25, 0.3) is 0 Å². The van der Waals surface area contributed by atoms with E-state index in [-0.39, 0.29) is 12.1 Å². The maximum Gasteiger partial charge on any atom is 0.174 e. The molecule has 0 bridgehead atoms. The van der Waals surface area contributed by atoms with Crippen LogP contribution < -0.4 is 4.90 Å². The van der Waals surface area contributed by atoms with E-state index in [0.29, 0.717) is 12.1 Å². The third-order valence-electron chi connectivity index (χ3n) is 3.27. The molecule has 0 N–H and O–H groups in total. The van der Waals surface area contributed by atoms with Crippen molar-refractivity contribution in [2.45, 2.75) is 6.29 Å². The molecule has 0 saturated carbocycles. The largest absolute Gasteiger partial charge is 0.355 e. The van der Waals surface area contributed by atoms with Gasteiger partial charge in [0, 0.05) is 38.6 Å². The van der Waals surface area contributed by atoms with Crippen molar-refractivity contribution in [2.24, 2.45) is 0 Å². The standard InChI is InChI=1S/C16H19FN2O2/c1-19(11-16(20-2)21-3)15-9-8-12(10-18-15)13-6-4-5-7-14(13)17/h4-10,16H,11H2,1-3H3. The van der Waals surface area contributed by atoms with E-state index in [9.17, 15) is 4.39 Å². The minimum absolute atomic E-state index is 0.251. The number of methoxy groups -OCH3 is 2. The van der Waals surface area contributed by atoms with E-state index in [1.807, 2.05) is 24.1 Å². The Bertz CT molecular complexity index is 571. The lowest BCUT2D eigenvalue weighted by Crippen LogP contribution is -2.32. The van der Waals surface area contributed by atoms with Crippen LogP contribution in [0.4, 0.5) is 10.2 Å². The number of aromatic nitrogens is 1. The second-order valence-corrected chi connectivity index (χ2v) is 4.67. The summed E-state index contributed by atoms with van der Waals surface area (Å²) >= 11 is 0. The summed E-state index contributed by atoms with van der Waals surface area (Å²) in [6.45, 7) is 0.555. The first-order chi connectivity index (χ1) is 10.2. The minimum atomic E-state index is -0.317. The molecule has 2 aromatic rings. The lowest BCUT2D eigenvalue weighted by atomic mass is 10.1. The topological polar surface area (TPSA) is 34.6 Å². The van der Waals surface area contributed by atoms with Gasteiger partial charge in [-0.15, -0.1) is 0 Å². The van der Waals surface area contributed by atoms with Gasteiger partial charge in [-0.3, -0.25) is 0 Å². The lowest BCUT2D eigenvalue weighted by molar-refractivity contribution is -0.0944. The van der Waals surface area contributed by atoms with Gasteiger partial charge >= 0.3 is 0 Å². The molecule has 5 heteroatoms. The quantitative estimate of drug-likeness (QED) is 0.766. The first-order valence-corrected chi connectivity index (χ1v) is 6.63. The van der Waals surface area contributed by atoms with Gasteiger partial charge in [-0.1, -0.05) is 18.2 Å². The summed E-state index contributed by atoms with van der Waals surface area (Å²) < 4.78 is 24.0. The Balaban J connectivity index is 2.14. The molecule has 2 rings (SSSR count). The number of pyridine rings is 1. The van der Waals surface area contributed by atoms with Gasteiger partial charge in [-0.2, -0.15) is 0 Å². The molecule has 1 aromatic carbocycles. The SMILES string of the molecule is COC(CN(C)c1ccc(-c2ccccc2F)cn1)OC. The Labute approximate surface area is 124 Å². The zero-order valence-electron chi connectivity index (χ0n) is 12.4. The third kappa shape index (κ3) is 3.77. The molecule has 0 amide bonds. The summed E-state index contributed by atoms with van der Waals surface area (Å²) in [4.78, 5) is 6.29. The van der Waals surface area contributed by atoms with E-state index in [2.05, 4.69) is 4.98 Å². The number of nitrogens with zero attached hydrogens (tertiary/aromatic N) is 2. The average Bonchev–Trinajstić information content (AvgIpc) is 2.53. The molecule has 0 saturated heterocycles. The van der Waals surface area contributed by atoms with Gasteiger partial charge in [-0.25, -0.2) is 9.37 Å². The van der Waals surface area contributed by atoms with Crippen LogP contribution in [0, 0.1) is 5.82 Å². The molecule has 21 heavy (non-hydrogen) atoms. The second-order valence-electron chi connectivity index (χ2n) is 4.67. The van der Waals surface area contributed by atoms with E-state index < -0.39 is 0 Å². The number of likely N-dealkylation sites (N-methyl/N-ethyl adjacent to an activating group) is 1. The third-order valence-corrected chi connectivity index (χ3v) is 3.27. The molecular formula is C16H19FN2O2. The van der Waals surface area contributed by atoms with Crippen LogP contribution in [0.3, 0.4) is 0 Å². The van der Waals surface area contributed by atoms with Crippen LogP contribution in [-0.4, -0.2) is 39.1 Å². The number of benzene rings is 1. The van der Waals surface area contributed by atoms with Crippen LogP contribution in [0.25, 0.3) is 11.1 Å². The fraction of sp³-hybridized carbons (Fsp3) is 0.312. The van der Waals surface area contributed by atoms with Crippen LogP contribution in [0.2, 0.25) is 0 Å². The number of hydrogen-bond acceptors (Lipinski definition) is 4. The first-order valence-electron chi connectivity index (χ1n) is 6.63. The van der Waals surface area contributed by atoms with Crippen LogP contribution >= 0.6 is 0 Å². The summed E-state index contributed by atoms with van der Waals surface area (Å²) in [5, 5.41) is 0. The van der Waals surface area contributed by atoms with Gasteiger partial charge in [0.2, 0.25) is 0 Å². The number of rotatable bonds is 6. The highest BCUT2D eigenvalue weighted by Crippen LogP contribution is 2.23. The number of anilines is 1. The van der Waals surface area contributed by atoms with Crippen molar-refractivity contribution < 1.29 is 13.9 Å². The van der Waals surface area contributed by atoms with Crippen molar-refractivity contribution in [1.82, 2.24) is 4.98 Å². The normalized spacial score (nSPS) is 10.9. The van der Waals surface area contributed by atoms with Gasteiger partial charge < -0.3 is 14.4 Å². The summed E-state index contributed by atoms with van der Waals surface area (Å²) in [5.41, 5.74) is 1.30. The molecule has 1 aromatic heterocycles. The van der Waals surface area contributed by atoms with Crippen molar-refractivity contribution in [3.8, 4) is 11.1 Å². The Hall–Kier alpha value is -1.98. The molecule has 112 valence electrons. The fourth-order valence-electron chi connectivity index (χ4n) is 2.03. The molecule has 0 spiro atoms. The highest BCUT2D eigenvalue weighted by atomic mass is 19.1. The number of hydrogen-bond donors (Lipinski definition) is 0. The summed E-state index contributed by atoms with van der Waals surface area (Å²) in [7, 11) is 5.09. The molecular weight excluding hydrogens is 271 g/mol. The number of ether oxygens (including phenoxy) is 2. The lowest BCUT2D eigenvalue weighted by Gasteiger charge is -2.23. The van der Waals surface area contributed by atoms with Crippen LogP contribution in [0.5, 0.6) is 0 Å². The Morgan fingerprint density at radius 1 is 1.14 bits per heavy atom. The molecule has 0 aliphatic carbocycles. The monoisotopic (exact) mass is 290 g/mol. The predicted molar refractivity (Wildman–Crippen MR) is 80.7 cm³/mol. The Kier molecular flexibility index (Phi) is 5.25. The maximum atomic E-state index is 13.7. The van der Waals surface area contributed by atoms with Crippen LogP contribution in [0.1, 0.15) is 0 Å². The molecule has 0 atom stereocenters. The first kappa shape index (κ1) is 15.4. The van der Waals surface area contributed by atoms with Crippen molar-refractivity contribution in [3.63, 3.8) is 0 Å². The Morgan fingerprint density at radius 2 is 1.86 bits per heavy atom. The van der Waals surface area contributed by atoms with Crippen LogP contribution in [-0.2, 0) is 9.47 Å². The van der Waals surface area contributed by atoms with Gasteiger partial charge in [0.15, 0.2) is 6.29 Å². The van der Waals surface area contributed by atoms with Gasteiger partial charge in [-0.05, 0) is 18.2 Å². The van der Waals surface area contributed by atoms with E-state index in [4.69, 9.17) is 9.47 Å². The summed E-state index contributed by atoms with van der Waals surface area (Å²) in [5.74, 6) is 0.522. The summed E-state index contributed by atoms with van der Waals surface area (Å²) in [6, 6.07) is 10.4. The van der Waals surface area contributed by atoms with Crippen LogP contribution in [0.15, 0.2) is 42.6 Å². The molecule has 1 heterocycles. The fourth-order valence-corrected chi connectivity index (χ4v) is 2.03. The molecule has 0 unspecified atom stereocenters. The minimum Gasteiger partial charge on any atom is -0.355 e. The second kappa shape index (κ2) is 7.15. The van der Waals surface area contributed by atoms with Gasteiger partial charge in [0.05, 0.1) is 6.54 Å². The van der Waals surface area contributed by atoms with Crippen molar-refractivity contribution >= 4 is 5.82 Å². The van der Waals surface area contributed by atoms with Gasteiger partial charge in [0.1, 0.15) is 11.6 Å². The Morgan fingerprint density at radius 3 is 2.43 bits per heavy atom. The predicted octanol–water partition coefficient (Wildman–Crippen LogP) is 2.94.